The van der Waals surface area contributed by atoms with Crippen LogP contribution >= 0.6 is 0 Å². The van der Waals surface area contributed by atoms with E-state index in [1.165, 1.54) is 18.6 Å². The first kappa shape index (κ1) is 16.3. The van der Waals surface area contributed by atoms with Crippen LogP contribution in [0.5, 0.6) is 0 Å². The monoisotopic (exact) mass is 350 g/mol. The number of nitrogens with zero attached hydrogens (tertiary/aromatic N) is 4. The van der Waals surface area contributed by atoms with Crippen LogP contribution in [0.25, 0.3) is 11.0 Å². The summed E-state index contributed by atoms with van der Waals surface area (Å²) in [5.74, 6) is 0.539. The summed E-state index contributed by atoms with van der Waals surface area (Å²) < 4.78 is 1.06. The molecule has 8 heteroatoms. The lowest BCUT2D eigenvalue weighted by molar-refractivity contribution is 0.0937. The number of hydrogen-bond acceptors (Lipinski definition) is 7. The van der Waals surface area contributed by atoms with Crippen molar-refractivity contribution in [2.45, 2.75) is 26.8 Å². The van der Waals surface area contributed by atoms with E-state index in [4.69, 9.17) is 0 Å². The van der Waals surface area contributed by atoms with Gasteiger partial charge in [-0.2, -0.15) is 4.98 Å². The van der Waals surface area contributed by atoms with Crippen LogP contribution < -0.4 is 16.2 Å². The summed E-state index contributed by atoms with van der Waals surface area (Å²) in [7, 11) is 0. The molecule has 0 spiro atoms. The van der Waals surface area contributed by atoms with Crippen LogP contribution in [0.3, 0.4) is 0 Å². The minimum absolute atomic E-state index is 0.291. The molecule has 0 radical (unpaired) electrons. The minimum Gasteiger partial charge on any atom is -0.312 e. The molecule has 0 saturated heterocycles. The number of rotatable bonds is 2. The molecule has 0 atom stereocenters. The van der Waals surface area contributed by atoms with Crippen molar-refractivity contribution in [3.63, 3.8) is 0 Å². The summed E-state index contributed by atoms with van der Waals surface area (Å²) in [6.45, 7) is 4.85. The Balaban J connectivity index is 1.77. The molecule has 0 unspecified atom stereocenters. The van der Waals surface area contributed by atoms with Crippen LogP contribution in [0.2, 0.25) is 0 Å². The predicted octanol–water partition coefficient (Wildman–Crippen LogP) is 1.54. The normalized spacial score (nSPS) is 13.5. The number of fused-ring (bicyclic) bond motifs is 2. The first-order valence-electron chi connectivity index (χ1n) is 8.40. The van der Waals surface area contributed by atoms with Crippen LogP contribution in [0, 0.1) is 6.92 Å². The summed E-state index contributed by atoms with van der Waals surface area (Å²) in [5, 5.41) is 7.04. The molecular formula is C18H18N6O2. The second-order valence-corrected chi connectivity index (χ2v) is 6.30. The van der Waals surface area contributed by atoms with Crippen molar-refractivity contribution in [2.75, 3.05) is 11.9 Å². The highest BCUT2D eigenvalue weighted by Gasteiger charge is 2.14. The quantitative estimate of drug-likeness (QED) is 0.723. The number of carbonyl (C=O) groups excluding carboxylic acids is 1. The van der Waals surface area contributed by atoms with Crippen molar-refractivity contribution in [1.82, 2.24) is 24.8 Å². The van der Waals surface area contributed by atoms with E-state index >= 15 is 0 Å². The van der Waals surface area contributed by atoms with Gasteiger partial charge in [-0.15, -0.1) is 0 Å². The maximum atomic E-state index is 12.2. The summed E-state index contributed by atoms with van der Waals surface area (Å²) in [6, 6.07) is 5.31. The van der Waals surface area contributed by atoms with E-state index in [2.05, 4.69) is 25.6 Å². The average molecular weight is 350 g/mol. The third kappa shape index (κ3) is 2.84. The molecule has 1 aliphatic heterocycles. The maximum absolute atomic E-state index is 12.2. The standard InChI is InChI=1S/C18H18N6O2/c1-10-7-16(26)24(11(2)25)17-13(10)9-20-18(23-17)22-15-4-3-12-8-19-6-5-14(12)21-15/h3-4,7,9,19H,5-6,8H2,1-2H3,(H,20,21,22,23). The fraction of sp³-hybridized carbons (Fsp3) is 0.278. The second kappa shape index (κ2) is 6.30. The van der Waals surface area contributed by atoms with Gasteiger partial charge in [0, 0.05) is 49.8 Å². The highest BCUT2D eigenvalue weighted by atomic mass is 16.2. The Morgan fingerprint density at radius 2 is 2.15 bits per heavy atom. The van der Waals surface area contributed by atoms with Crippen molar-refractivity contribution in [3.8, 4) is 0 Å². The first-order valence-corrected chi connectivity index (χ1v) is 8.40. The molecule has 4 heterocycles. The summed E-state index contributed by atoms with van der Waals surface area (Å²) in [6.07, 6.45) is 2.48. The number of aromatic nitrogens is 4. The van der Waals surface area contributed by atoms with Gasteiger partial charge in [0.25, 0.3) is 5.56 Å². The molecule has 0 aromatic carbocycles. The molecule has 0 saturated carbocycles. The number of pyridine rings is 2. The van der Waals surface area contributed by atoms with Crippen molar-refractivity contribution in [3.05, 3.63) is 51.6 Å². The predicted molar refractivity (Wildman–Crippen MR) is 97.8 cm³/mol. The van der Waals surface area contributed by atoms with Crippen LogP contribution in [-0.4, -0.2) is 32.0 Å². The Bertz CT molecular complexity index is 1090. The number of hydrogen-bond donors (Lipinski definition) is 2. The van der Waals surface area contributed by atoms with Gasteiger partial charge in [0.15, 0.2) is 5.65 Å². The van der Waals surface area contributed by atoms with Crippen LogP contribution in [0.1, 0.15) is 28.5 Å². The number of anilines is 2. The van der Waals surface area contributed by atoms with Gasteiger partial charge in [0.1, 0.15) is 5.82 Å². The van der Waals surface area contributed by atoms with Crippen molar-refractivity contribution in [2.24, 2.45) is 0 Å². The number of aryl methyl sites for hydroxylation is 1. The highest BCUT2D eigenvalue weighted by Crippen LogP contribution is 2.19. The average Bonchev–Trinajstić information content (AvgIpc) is 2.61. The van der Waals surface area contributed by atoms with E-state index in [9.17, 15) is 9.59 Å². The smallest absolute Gasteiger partial charge is 0.259 e. The van der Waals surface area contributed by atoms with Gasteiger partial charge in [-0.05, 0) is 24.1 Å². The van der Waals surface area contributed by atoms with Gasteiger partial charge in [-0.1, -0.05) is 6.07 Å². The lowest BCUT2D eigenvalue weighted by Gasteiger charge is -2.17. The maximum Gasteiger partial charge on any atom is 0.259 e. The third-order valence-corrected chi connectivity index (χ3v) is 4.44. The lowest BCUT2D eigenvalue weighted by Crippen LogP contribution is -2.26. The second-order valence-electron chi connectivity index (χ2n) is 6.30. The molecule has 0 aliphatic carbocycles. The van der Waals surface area contributed by atoms with E-state index in [-0.39, 0.29) is 5.91 Å². The molecular weight excluding hydrogens is 332 g/mol. The Morgan fingerprint density at radius 1 is 1.31 bits per heavy atom. The van der Waals surface area contributed by atoms with E-state index < -0.39 is 5.56 Å². The summed E-state index contributed by atoms with van der Waals surface area (Å²) in [4.78, 5) is 37.4. The molecule has 4 rings (SSSR count). The van der Waals surface area contributed by atoms with Crippen molar-refractivity contribution < 1.29 is 4.79 Å². The molecule has 132 valence electrons. The molecule has 0 amide bonds. The molecule has 0 fully saturated rings. The van der Waals surface area contributed by atoms with Crippen molar-refractivity contribution in [1.29, 1.82) is 0 Å². The Morgan fingerprint density at radius 3 is 2.96 bits per heavy atom. The molecule has 0 bridgehead atoms. The van der Waals surface area contributed by atoms with Gasteiger partial charge in [-0.25, -0.2) is 14.5 Å². The third-order valence-electron chi connectivity index (χ3n) is 4.44. The fourth-order valence-corrected chi connectivity index (χ4v) is 3.14. The van der Waals surface area contributed by atoms with Gasteiger partial charge in [0.05, 0.1) is 0 Å². The van der Waals surface area contributed by atoms with E-state index in [0.29, 0.717) is 22.8 Å². The minimum atomic E-state index is -0.397. The Hall–Kier alpha value is -3.13. The molecule has 26 heavy (non-hydrogen) atoms. The van der Waals surface area contributed by atoms with Crippen LogP contribution in [0.15, 0.2) is 29.2 Å². The van der Waals surface area contributed by atoms with Gasteiger partial charge < -0.3 is 10.6 Å². The molecule has 2 N–H and O–H groups in total. The Labute approximate surface area is 149 Å². The van der Waals surface area contributed by atoms with E-state index in [0.717, 1.165) is 35.3 Å². The van der Waals surface area contributed by atoms with Crippen LogP contribution in [0.4, 0.5) is 11.8 Å². The Kier molecular flexibility index (Phi) is 3.96. The van der Waals surface area contributed by atoms with Crippen molar-refractivity contribution >= 4 is 28.7 Å². The highest BCUT2D eigenvalue weighted by molar-refractivity contribution is 5.89. The van der Waals surface area contributed by atoms with Gasteiger partial charge >= 0.3 is 0 Å². The molecule has 3 aromatic heterocycles. The van der Waals surface area contributed by atoms with Crippen LogP contribution in [-0.2, 0) is 13.0 Å². The zero-order valence-electron chi connectivity index (χ0n) is 14.5. The topological polar surface area (TPSA) is 102 Å². The molecule has 3 aromatic rings. The largest absolute Gasteiger partial charge is 0.312 e. The van der Waals surface area contributed by atoms with Gasteiger partial charge in [0.2, 0.25) is 11.9 Å². The molecule has 1 aliphatic rings. The summed E-state index contributed by atoms with van der Waals surface area (Å²) >= 11 is 0. The zero-order chi connectivity index (χ0) is 18.3. The van der Waals surface area contributed by atoms with Gasteiger partial charge in [-0.3, -0.25) is 9.59 Å². The summed E-state index contributed by atoms with van der Waals surface area (Å²) in [5.41, 5.74) is 2.86. The molecule has 8 nitrogen and oxygen atoms in total. The van der Waals surface area contributed by atoms with E-state index in [1.54, 1.807) is 13.1 Å². The SMILES string of the molecule is CC(=O)n1c(=O)cc(C)c2cnc(Nc3ccc4c(n3)CCNC4)nc21. The number of carbonyl (C=O) groups is 1. The fourth-order valence-electron chi connectivity index (χ4n) is 3.14. The number of nitrogens with one attached hydrogen (secondary N) is 2. The van der Waals surface area contributed by atoms with E-state index in [1.807, 2.05) is 12.1 Å². The first-order chi connectivity index (χ1) is 12.5. The lowest BCUT2D eigenvalue weighted by atomic mass is 10.1. The zero-order valence-corrected chi connectivity index (χ0v) is 14.5.